The van der Waals surface area contributed by atoms with E-state index in [4.69, 9.17) is 11.6 Å². The number of aromatic nitrogens is 2. The van der Waals surface area contributed by atoms with Gasteiger partial charge < -0.3 is 4.90 Å². The predicted molar refractivity (Wildman–Crippen MR) is 93.8 cm³/mol. The second-order valence-corrected chi connectivity index (χ2v) is 6.58. The molecule has 7 heteroatoms. The molecule has 0 aliphatic carbocycles. The lowest BCUT2D eigenvalue weighted by molar-refractivity contribution is 0.0729. The third-order valence-corrected chi connectivity index (χ3v) is 4.71. The lowest BCUT2D eigenvalue weighted by Crippen LogP contribution is -2.36. The van der Waals surface area contributed by atoms with Crippen molar-refractivity contribution in [2.24, 2.45) is 0 Å². The largest absolute Gasteiger partial charge is 0.334 e. The molecule has 0 bridgehead atoms. The Morgan fingerprint density at radius 3 is 2.85 bits per heavy atom. The van der Waals surface area contributed by atoms with Crippen LogP contribution in [0.15, 0.2) is 42.5 Å². The molecule has 4 rings (SSSR count). The molecule has 0 fully saturated rings. The van der Waals surface area contributed by atoms with E-state index in [0.717, 1.165) is 35.0 Å². The number of benzene rings is 2. The van der Waals surface area contributed by atoms with Crippen LogP contribution < -0.4 is 0 Å². The van der Waals surface area contributed by atoms with Gasteiger partial charge in [-0.1, -0.05) is 23.7 Å². The Morgan fingerprint density at radius 1 is 1.19 bits per heavy atom. The van der Waals surface area contributed by atoms with Crippen LogP contribution in [-0.2, 0) is 13.0 Å². The van der Waals surface area contributed by atoms with E-state index in [1.165, 1.54) is 4.90 Å². The highest BCUT2D eigenvalue weighted by molar-refractivity contribution is 6.30. The molecular weight excluding hydrogens is 360 g/mol. The van der Waals surface area contributed by atoms with Crippen molar-refractivity contribution in [2.45, 2.75) is 13.0 Å². The zero-order chi connectivity index (χ0) is 18.3. The summed E-state index contributed by atoms with van der Waals surface area (Å²) < 4.78 is 27.4. The number of hydrogen-bond donors (Lipinski definition) is 1. The lowest BCUT2D eigenvalue weighted by atomic mass is 10.0. The number of aromatic amines is 1. The van der Waals surface area contributed by atoms with E-state index >= 15 is 0 Å². The molecule has 0 saturated carbocycles. The van der Waals surface area contributed by atoms with Crippen molar-refractivity contribution < 1.29 is 13.6 Å². The molecule has 0 atom stereocenters. The van der Waals surface area contributed by atoms with Crippen molar-refractivity contribution in [1.29, 1.82) is 0 Å². The van der Waals surface area contributed by atoms with Gasteiger partial charge in [0.25, 0.3) is 5.91 Å². The van der Waals surface area contributed by atoms with Crippen LogP contribution in [0.25, 0.3) is 11.3 Å². The summed E-state index contributed by atoms with van der Waals surface area (Å²) in [6.07, 6.45) is 0.561. The summed E-state index contributed by atoms with van der Waals surface area (Å²) >= 11 is 6.06. The number of fused-ring (bicyclic) bond motifs is 1. The smallest absolute Gasteiger partial charge is 0.257 e. The average molecular weight is 374 g/mol. The Bertz CT molecular complexity index is 1000. The van der Waals surface area contributed by atoms with E-state index < -0.39 is 17.5 Å². The number of H-pyrrole nitrogens is 1. The van der Waals surface area contributed by atoms with Crippen molar-refractivity contribution in [3.63, 3.8) is 0 Å². The van der Waals surface area contributed by atoms with Gasteiger partial charge in [-0.15, -0.1) is 0 Å². The number of halogens is 3. The third-order valence-electron chi connectivity index (χ3n) is 4.48. The van der Waals surface area contributed by atoms with Crippen LogP contribution in [0.4, 0.5) is 8.78 Å². The van der Waals surface area contributed by atoms with Crippen molar-refractivity contribution in [3.05, 3.63) is 75.9 Å². The highest BCUT2D eigenvalue weighted by atomic mass is 35.5. The molecule has 1 N–H and O–H groups in total. The van der Waals surface area contributed by atoms with Gasteiger partial charge in [-0.25, -0.2) is 8.78 Å². The van der Waals surface area contributed by atoms with Crippen LogP contribution in [-0.4, -0.2) is 27.5 Å². The molecule has 1 aromatic heterocycles. The van der Waals surface area contributed by atoms with Crippen LogP contribution >= 0.6 is 11.6 Å². The molecule has 132 valence electrons. The van der Waals surface area contributed by atoms with Crippen LogP contribution in [0.2, 0.25) is 5.02 Å². The first-order valence-electron chi connectivity index (χ1n) is 8.09. The van der Waals surface area contributed by atoms with Gasteiger partial charge in [-0.05, 0) is 30.3 Å². The van der Waals surface area contributed by atoms with E-state index in [2.05, 4.69) is 10.2 Å². The van der Waals surface area contributed by atoms with Crippen LogP contribution in [0.3, 0.4) is 0 Å². The third kappa shape index (κ3) is 2.97. The summed E-state index contributed by atoms with van der Waals surface area (Å²) in [4.78, 5) is 14.2. The average Bonchev–Trinajstić information content (AvgIpc) is 3.06. The molecule has 0 unspecified atom stereocenters. The van der Waals surface area contributed by atoms with Crippen molar-refractivity contribution in [1.82, 2.24) is 15.1 Å². The first-order valence-corrected chi connectivity index (χ1v) is 8.47. The zero-order valence-corrected chi connectivity index (χ0v) is 14.4. The first-order chi connectivity index (χ1) is 12.5. The fourth-order valence-electron chi connectivity index (χ4n) is 3.17. The molecule has 3 aromatic rings. The molecule has 1 aliphatic heterocycles. The highest BCUT2D eigenvalue weighted by Gasteiger charge is 2.28. The summed E-state index contributed by atoms with van der Waals surface area (Å²) in [5.41, 5.74) is 3.08. The van der Waals surface area contributed by atoms with Crippen molar-refractivity contribution >= 4 is 17.5 Å². The minimum absolute atomic E-state index is 0.263. The number of carbonyl (C=O) groups is 1. The minimum atomic E-state index is -0.732. The Labute approximate surface area is 153 Å². The molecule has 2 aromatic carbocycles. The monoisotopic (exact) mass is 373 g/mol. The number of amides is 1. The molecule has 0 radical (unpaired) electrons. The standard InChI is InChI=1S/C19H14ClF2N3O/c20-12-3-1-2-11(8-12)18-15-10-25(7-6-17(15)23-24-18)19(26)14-9-13(21)4-5-16(14)22/h1-5,8-9H,6-7,10H2,(H,23,24). The van der Waals surface area contributed by atoms with Crippen LogP contribution in [0.1, 0.15) is 21.6 Å². The second kappa shape index (κ2) is 6.53. The van der Waals surface area contributed by atoms with Gasteiger partial charge in [0.2, 0.25) is 0 Å². The molecule has 4 nitrogen and oxygen atoms in total. The quantitative estimate of drug-likeness (QED) is 0.731. The Balaban J connectivity index is 1.66. The van der Waals surface area contributed by atoms with E-state index in [-0.39, 0.29) is 12.1 Å². The van der Waals surface area contributed by atoms with Gasteiger partial charge in [0, 0.05) is 41.4 Å². The summed E-state index contributed by atoms with van der Waals surface area (Å²) in [5.74, 6) is -1.91. The molecule has 0 spiro atoms. The maximum Gasteiger partial charge on any atom is 0.257 e. The van der Waals surface area contributed by atoms with Gasteiger partial charge >= 0.3 is 0 Å². The van der Waals surface area contributed by atoms with Gasteiger partial charge in [0.05, 0.1) is 11.3 Å². The number of nitrogens with zero attached hydrogens (tertiary/aromatic N) is 2. The molecule has 0 saturated heterocycles. The SMILES string of the molecule is O=C(c1cc(F)ccc1F)N1CCc2[nH]nc(-c3cccc(Cl)c3)c2C1. The van der Waals surface area contributed by atoms with E-state index in [1.54, 1.807) is 12.1 Å². The van der Waals surface area contributed by atoms with Crippen molar-refractivity contribution in [2.75, 3.05) is 6.54 Å². The number of hydrogen-bond acceptors (Lipinski definition) is 2. The van der Waals surface area contributed by atoms with E-state index in [1.807, 2.05) is 12.1 Å². The molecule has 2 heterocycles. The topological polar surface area (TPSA) is 49.0 Å². The number of carbonyl (C=O) groups excluding carboxylic acids is 1. The number of rotatable bonds is 2. The Kier molecular flexibility index (Phi) is 4.20. The Morgan fingerprint density at radius 2 is 2.04 bits per heavy atom. The van der Waals surface area contributed by atoms with Crippen molar-refractivity contribution in [3.8, 4) is 11.3 Å². The molecule has 1 aliphatic rings. The van der Waals surface area contributed by atoms with Crippen LogP contribution in [0.5, 0.6) is 0 Å². The zero-order valence-electron chi connectivity index (χ0n) is 13.6. The second-order valence-electron chi connectivity index (χ2n) is 6.14. The molecular formula is C19H14ClF2N3O. The van der Waals surface area contributed by atoms with Gasteiger partial charge in [0.15, 0.2) is 0 Å². The molecule has 1 amide bonds. The minimum Gasteiger partial charge on any atom is -0.334 e. The molecule has 26 heavy (non-hydrogen) atoms. The normalized spacial score (nSPS) is 13.6. The first kappa shape index (κ1) is 16.7. The fourth-order valence-corrected chi connectivity index (χ4v) is 3.36. The summed E-state index contributed by atoms with van der Waals surface area (Å²) in [6.45, 7) is 0.668. The summed E-state index contributed by atoms with van der Waals surface area (Å²) in [5, 5.41) is 7.94. The van der Waals surface area contributed by atoms with Crippen LogP contribution in [0, 0.1) is 11.6 Å². The maximum absolute atomic E-state index is 14.0. The highest BCUT2D eigenvalue weighted by Crippen LogP contribution is 2.30. The van der Waals surface area contributed by atoms with E-state index in [9.17, 15) is 13.6 Å². The van der Waals surface area contributed by atoms with Gasteiger partial charge in [-0.3, -0.25) is 9.89 Å². The lowest BCUT2D eigenvalue weighted by Gasteiger charge is -2.27. The number of nitrogens with one attached hydrogen (secondary N) is 1. The van der Waals surface area contributed by atoms with Gasteiger partial charge in [-0.2, -0.15) is 5.10 Å². The predicted octanol–water partition coefficient (Wildman–Crippen LogP) is 4.21. The van der Waals surface area contributed by atoms with Gasteiger partial charge in [0.1, 0.15) is 11.6 Å². The fraction of sp³-hybridized carbons (Fsp3) is 0.158. The summed E-state index contributed by atoms with van der Waals surface area (Å²) in [6, 6.07) is 10.2. The maximum atomic E-state index is 14.0. The van der Waals surface area contributed by atoms with E-state index in [0.29, 0.717) is 23.7 Å². The Hall–Kier alpha value is -2.73. The summed E-state index contributed by atoms with van der Waals surface area (Å²) in [7, 11) is 0.